The molecule has 0 saturated heterocycles. The SMILES string of the molecule is Cc1[nH]c2c(-c3cccnc3)c(C(F)(F)F)nn2c(=O)c1-c1nc2c(o1)CCCC2. The van der Waals surface area contributed by atoms with Gasteiger partial charge in [-0.3, -0.25) is 9.78 Å². The summed E-state index contributed by atoms with van der Waals surface area (Å²) in [6.45, 7) is 1.60. The number of rotatable bonds is 2. The number of hydrogen-bond acceptors (Lipinski definition) is 5. The molecule has 154 valence electrons. The Bertz CT molecular complexity index is 1290. The predicted molar refractivity (Wildman–Crippen MR) is 101 cm³/mol. The van der Waals surface area contributed by atoms with Gasteiger partial charge in [0.15, 0.2) is 5.69 Å². The normalized spacial score (nSPS) is 14.3. The van der Waals surface area contributed by atoms with Crippen LogP contribution in [0.15, 0.2) is 33.7 Å². The molecule has 7 nitrogen and oxygen atoms in total. The smallest absolute Gasteiger partial charge is 0.435 e. The van der Waals surface area contributed by atoms with Crippen LogP contribution in [0.25, 0.3) is 28.2 Å². The average molecular weight is 415 g/mol. The average Bonchev–Trinajstić information content (AvgIpc) is 3.30. The minimum atomic E-state index is -4.76. The minimum absolute atomic E-state index is 0.0575. The van der Waals surface area contributed by atoms with E-state index in [-0.39, 0.29) is 28.2 Å². The minimum Gasteiger partial charge on any atom is -0.441 e. The van der Waals surface area contributed by atoms with Gasteiger partial charge in [0.1, 0.15) is 17.0 Å². The van der Waals surface area contributed by atoms with Gasteiger partial charge in [-0.15, -0.1) is 0 Å². The van der Waals surface area contributed by atoms with Crippen molar-refractivity contribution in [2.45, 2.75) is 38.8 Å². The van der Waals surface area contributed by atoms with Crippen LogP contribution in [0.1, 0.15) is 35.7 Å². The van der Waals surface area contributed by atoms with Gasteiger partial charge >= 0.3 is 6.18 Å². The molecule has 0 aromatic carbocycles. The van der Waals surface area contributed by atoms with E-state index in [2.05, 4.69) is 20.1 Å². The first-order valence-electron chi connectivity index (χ1n) is 9.46. The first-order chi connectivity index (χ1) is 14.3. The zero-order chi connectivity index (χ0) is 21.0. The number of nitrogens with zero attached hydrogens (tertiary/aromatic N) is 4. The number of aromatic amines is 1. The molecule has 0 bridgehead atoms. The number of nitrogens with one attached hydrogen (secondary N) is 1. The molecule has 4 aromatic heterocycles. The Kier molecular flexibility index (Phi) is 4.05. The van der Waals surface area contributed by atoms with E-state index in [1.807, 2.05) is 0 Å². The van der Waals surface area contributed by atoms with E-state index in [9.17, 15) is 18.0 Å². The molecular formula is C20H16F3N5O2. The first-order valence-corrected chi connectivity index (χ1v) is 9.46. The quantitative estimate of drug-likeness (QED) is 0.536. The van der Waals surface area contributed by atoms with Gasteiger partial charge in [0.2, 0.25) is 5.89 Å². The van der Waals surface area contributed by atoms with Crippen LogP contribution in [-0.2, 0) is 19.0 Å². The van der Waals surface area contributed by atoms with Crippen molar-refractivity contribution in [2.75, 3.05) is 0 Å². The van der Waals surface area contributed by atoms with E-state index in [0.717, 1.165) is 41.7 Å². The lowest BCUT2D eigenvalue weighted by Crippen LogP contribution is -2.20. The Morgan fingerprint density at radius 1 is 1.20 bits per heavy atom. The fraction of sp³-hybridized carbons (Fsp3) is 0.300. The van der Waals surface area contributed by atoms with Crippen LogP contribution in [0.3, 0.4) is 0 Å². The number of pyridine rings is 1. The Hall–Kier alpha value is -3.43. The van der Waals surface area contributed by atoms with Crippen molar-refractivity contribution in [3.8, 4) is 22.6 Å². The van der Waals surface area contributed by atoms with Gasteiger partial charge in [0.05, 0.1) is 11.3 Å². The van der Waals surface area contributed by atoms with Crippen molar-refractivity contribution in [2.24, 2.45) is 0 Å². The summed E-state index contributed by atoms with van der Waals surface area (Å²) in [4.78, 5) is 24.4. The van der Waals surface area contributed by atoms with Crippen molar-refractivity contribution in [3.05, 3.63) is 57.7 Å². The number of alkyl halides is 3. The van der Waals surface area contributed by atoms with Gasteiger partial charge in [0, 0.05) is 30.1 Å². The molecule has 4 aromatic rings. The molecule has 4 heterocycles. The maximum Gasteiger partial charge on any atom is 0.435 e. The van der Waals surface area contributed by atoms with E-state index in [0.29, 0.717) is 5.69 Å². The Morgan fingerprint density at radius 3 is 2.70 bits per heavy atom. The first kappa shape index (κ1) is 18.6. The lowest BCUT2D eigenvalue weighted by atomic mass is 10.0. The Labute approximate surface area is 167 Å². The monoisotopic (exact) mass is 415 g/mol. The number of aryl methyl sites for hydroxylation is 3. The van der Waals surface area contributed by atoms with Crippen LogP contribution < -0.4 is 5.56 Å². The molecular weight excluding hydrogens is 399 g/mol. The molecule has 0 unspecified atom stereocenters. The summed E-state index contributed by atoms with van der Waals surface area (Å²) in [6, 6.07) is 3.01. The van der Waals surface area contributed by atoms with Gasteiger partial charge in [-0.25, -0.2) is 4.98 Å². The molecule has 0 atom stereocenters. The van der Waals surface area contributed by atoms with E-state index >= 15 is 0 Å². The summed E-state index contributed by atoms with van der Waals surface area (Å²) >= 11 is 0. The van der Waals surface area contributed by atoms with E-state index < -0.39 is 17.4 Å². The van der Waals surface area contributed by atoms with Crippen LogP contribution in [-0.4, -0.2) is 24.6 Å². The standard InChI is InChI=1S/C20H16F3N5O2/c1-10-14(18-26-12-6-2-3-7-13(12)30-18)19(29)28-17(25-10)15(11-5-4-8-24-9-11)16(27-28)20(21,22)23/h4-5,8-9,25H,2-3,6-7H2,1H3. The highest BCUT2D eigenvalue weighted by atomic mass is 19.4. The second-order valence-electron chi connectivity index (χ2n) is 7.25. The van der Waals surface area contributed by atoms with Gasteiger partial charge in [0.25, 0.3) is 5.56 Å². The van der Waals surface area contributed by atoms with Gasteiger partial charge in [-0.2, -0.15) is 22.8 Å². The Morgan fingerprint density at radius 2 is 2.00 bits per heavy atom. The molecule has 30 heavy (non-hydrogen) atoms. The molecule has 1 aliphatic carbocycles. The van der Waals surface area contributed by atoms with Crippen molar-refractivity contribution >= 4 is 5.65 Å². The second-order valence-corrected chi connectivity index (χ2v) is 7.25. The van der Waals surface area contributed by atoms with Crippen LogP contribution in [0.2, 0.25) is 0 Å². The molecule has 0 radical (unpaired) electrons. The van der Waals surface area contributed by atoms with Gasteiger partial charge in [-0.05, 0) is 32.3 Å². The molecule has 0 aliphatic heterocycles. The van der Waals surface area contributed by atoms with Crippen molar-refractivity contribution < 1.29 is 17.6 Å². The summed E-state index contributed by atoms with van der Waals surface area (Å²) in [5.74, 6) is 0.831. The highest BCUT2D eigenvalue weighted by molar-refractivity contribution is 5.80. The summed E-state index contributed by atoms with van der Waals surface area (Å²) in [5, 5.41) is 3.62. The summed E-state index contributed by atoms with van der Waals surface area (Å²) in [6.07, 6.45) is 1.44. The topological polar surface area (TPSA) is 89.1 Å². The fourth-order valence-electron chi connectivity index (χ4n) is 3.88. The van der Waals surface area contributed by atoms with Crippen LogP contribution >= 0.6 is 0 Å². The van der Waals surface area contributed by atoms with Gasteiger partial charge in [-0.1, -0.05) is 6.07 Å². The molecule has 0 amide bonds. The molecule has 1 aliphatic rings. The third-order valence-corrected chi connectivity index (χ3v) is 5.25. The largest absolute Gasteiger partial charge is 0.441 e. The predicted octanol–water partition coefficient (Wildman–Crippen LogP) is 3.95. The highest BCUT2D eigenvalue weighted by Crippen LogP contribution is 2.38. The zero-order valence-corrected chi connectivity index (χ0v) is 15.9. The van der Waals surface area contributed by atoms with Crippen molar-refractivity contribution in [1.82, 2.24) is 24.6 Å². The number of oxazole rings is 1. The second kappa shape index (κ2) is 6.54. The van der Waals surface area contributed by atoms with Gasteiger partial charge < -0.3 is 9.40 Å². The molecule has 0 saturated carbocycles. The molecule has 0 spiro atoms. The third kappa shape index (κ3) is 2.82. The zero-order valence-electron chi connectivity index (χ0n) is 15.9. The maximum absolute atomic E-state index is 13.7. The molecule has 1 N–H and O–H groups in total. The number of halogens is 3. The van der Waals surface area contributed by atoms with Crippen LogP contribution in [0, 0.1) is 6.92 Å². The number of aromatic nitrogens is 5. The van der Waals surface area contributed by atoms with E-state index in [4.69, 9.17) is 4.42 Å². The van der Waals surface area contributed by atoms with Crippen molar-refractivity contribution in [1.29, 1.82) is 0 Å². The van der Waals surface area contributed by atoms with Crippen LogP contribution in [0.5, 0.6) is 0 Å². The summed E-state index contributed by atoms with van der Waals surface area (Å²) in [5.41, 5.74) is -0.743. The van der Waals surface area contributed by atoms with Crippen LogP contribution in [0.4, 0.5) is 13.2 Å². The van der Waals surface area contributed by atoms with Crippen molar-refractivity contribution in [3.63, 3.8) is 0 Å². The van der Waals surface area contributed by atoms with E-state index in [1.165, 1.54) is 24.5 Å². The maximum atomic E-state index is 13.7. The number of fused-ring (bicyclic) bond motifs is 2. The lowest BCUT2D eigenvalue weighted by molar-refractivity contribution is -0.140. The summed E-state index contributed by atoms with van der Waals surface area (Å²) in [7, 11) is 0. The molecule has 0 fully saturated rings. The molecule has 10 heteroatoms. The Balaban J connectivity index is 1.80. The summed E-state index contributed by atoms with van der Waals surface area (Å²) < 4.78 is 47.7. The number of H-pyrrole nitrogens is 1. The fourth-order valence-corrected chi connectivity index (χ4v) is 3.88. The third-order valence-electron chi connectivity index (χ3n) is 5.25. The molecule has 5 rings (SSSR count). The highest BCUT2D eigenvalue weighted by Gasteiger charge is 2.39. The lowest BCUT2D eigenvalue weighted by Gasteiger charge is -2.07. The van der Waals surface area contributed by atoms with E-state index in [1.54, 1.807) is 6.92 Å². The number of hydrogen-bond donors (Lipinski definition) is 1.